The summed E-state index contributed by atoms with van der Waals surface area (Å²) in [4.78, 5) is 0. The molecule has 2 nitrogen and oxygen atoms in total. The Morgan fingerprint density at radius 3 is 2.71 bits per heavy atom. The molecule has 0 fully saturated rings. The van der Waals surface area contributed by atoms with Crippen LogP contribution in [0.1, 0.15) is 24.1 Å². The van der Waals surface area contributed by atoms with Crippen LogP contribution in [0.4, 0.5) is 4.39 Å². The molecule has 0 bridgehead atoms. The summed E-state index contributed by atoms with van der Waals surface area (Å²) in [6.07, 6.45) is 0.553. The lowest BCUT2D eigenvalue weighted by atomic mass is 10.0. The number of benzene rings is 1. The Labute approximate surface area is 87.5 Å². The SMILES string of the molecule is CCc1cc(C(N)CO)cc(Cl)c1F. The highest BCUT2D eigenvalue weighted by Gasteiger charge is 2.11. The van der Waals surface area contributed by atoms with Gasteiger partial charge in [0, 0.05) is 0 Å². The molecule has 1 rings (SSSR count). The number of nitrogens with two attached hydrogens (primary N) is 1. The Morgan fingerprint density at radius 1 is 1.57 bits per heavy atom. The fourth-order valence-corrected chi connectivity index (χ4v) is 1.49. The Kier molecular flexibility index (Phi) is 3.86. The van der Waals surface area contributed by atoms with Crippen molar-refractivity contribution < 1.29 is 9.50 Å². The Balaban J connectivity index is 3.16. The first-order valence-electron chi connectivity index (χ1n) is 4.44. The van der Waals surface area contributed by atoms with E-state index in [2.05, 4.69) is 0 Å². The van der Waals surface area contributed by atoms with Gasteiger partial charge in [-0.25, -0.2) is 4.39 Å². The first kappa shape index (κ1) is 11.4. The van der Waals surface area contributed by atoms with Crippen molar-refractivity contribution >= 4 is 11.6 Å². The lowest BCUT2D eigenvalue weighted by molar-refractivity contribution is 0.268. The molecule has 1 aromatic carbocycles. The van der Waals surface area contributed by atoms with Gasteiger partial charge in [-0.05, 0) is 23.6 Å². The van der Waals surface area contributed by atoms with Gasteiger partial charge in [0.15, 0.2) is 0 Å². The van der Waals surface area contributed by atoms with E-state index in [1.807, 2.05) is 6.92 Å². The fraction of sp³-hybridized carbons (Fsp3) is 0.400. The van der Waals surface area contributed by atoms with Crippen LogP contribution >= 0.6 is 11.6 Å². The standard InChI is InChI=1S/C10H13ClFNO/c1-2-6-3-7(9(13)5-14)4-8(11)10(6)12/h3-4,9,14H,2,5,13H2,1H3. The minimum Gasteiger partial charge on any atom is -0.394 e. The van der Waals surface area contributed by atoms with Crippen LogP contribution in [0.15, 0.2) is 12.1 Å². The van der Waals surface area contributed by atoms with Gasteiger partial charge < -0.3 is 10.8 Å². The third-order valence-electron chi connectivity index (χ3n) is 2.13. The molecular formula is C10H13ClFNO. The predicted octanol–water partition coefficient (Wildman–Crippen LogP) is 2.03. The highest BCUT2D eigenvalue weighted by Crippen LogP contribution is 2.24. The summed E-state index contributed by atoms with van der Waals surface area (Å²) in [6.45, 7) is 1.66. The number of hydrogen-bond acceptors (Lipinski definition) is 2. The Bertz CT molecular complexity index is 330. The van der Waals surface area contributed by atoms with Crippen molar-refractivity contribution in [2.45, 2.75) is 19.4 Å². The molecule has 3 N–H and O–H groups in total. The van der Waals surface area contributed by atoms with E-state index in [4.69, 9.17) is 22.4 Å². The zero-order chi connectivity index (χ0) is 10.7. The predicted molar refractivity (Wildman–Crippen MR) is 54.8 cm³/mol. The molecule has 0 saturated carbocycles. The quantitative estimate of drug-likeness (QED) is 0.814. The van der Waals surface area contributed by atoms with Crippen LogP contribution in [0.3, 0.4) is 0 Å². The smallest absolute Gasteiger partial charge is 0.144 e. The molecule has 0 aromatic heterocycles. The van der Waals surface area contributed by atoms with Crippen molar-refractivity contribution in [3.63, 3.8) is 0 Å². The van der Waals surface area contributed by atoms with E-state index in [1.54, 1.807) is 6.07 Å². The van der Waals surface area contributed by atoms with E-state index in [1.165, 1.54) is 6.07 Å². The summed E-state index contributed by atoms with van der Waals surface area (Å²) in [5, 5.41) is 8.91. The molecule has 0 aliphatic heterocycles. The molecule has 1 unspecified atom stereocenters. The number of aliphatic hydroxyl groups is 1. The zero-order valence-electron chi connectivity index (χ0n) is 7.93. The van der Waals surface area contributed by atoms with Crippen LogP contribution in [0.25, 0.3) is 0 Å². The molecule has 0 aliphatic carbocycles. The van der Waals surface area contributed by atoms with Gasteiger partial charge in [-0.15, -0.1) is 0 Å². The highest BCUT2D eigenvalue weighted by atomic mass is 35.5. The molecular weight excluding hydrogens is 205 g/mol. The molecule has 14 heavy (non-hydrogen) atoms. The first-order chi connectivity index (χ1) is 6.60. The monoisotopic (exact) mass is 217 g/mol. The van der Waals surface area contributed by atoms with E-state index < -0.39 is 11.9 Å². The molecule has 0 heterocycles. The van der Waals surface area contributed by atoms with E-state index in [9.17, 15) is 4.39 Å². The summed E-state index contributed by atoms with van der Waals surface area (Å²) >= 11 is 5.69. The normalized spacial score (nSPS) is 12.9. The molecule has 0 radical (unpaired) electrons. The zero-order valence-corrected chi connectivity index (χ0v) is 8.68. The van der Waals surface area contributed by atoms with Crippen LogP contribution < -0.4 is 5.73 Å². The van der Waals surface area contributed by atoms with Gasteiger partial charge in [-0.2, -0.15) is 0 Å². The Hall–Kier alpha value is -0.640. The largest absolute Gasteiger partial charge is 0.394 e. The second-order valence-corrected chi connectivity index (χ2v) is 3.53. The number of rotatable bonds is 3. The Morgan fingerprint density at radius 2 is 2.21 bits per heavy atom. The van der Waals surface area contributed by atoms with Crippen molar-refractivity contribution in [1.82, 2.24) is 0 Å². The summed E-state index contributed by atoms with van der Waals surface area (Å²) in [5.74, 6) is -0.400. The third-order valence-corrected chi connectivity index (χ3v) is 2.41. The van der Waals surface area contributed by atoms with Crippen molar-refractivity contribution in [2.75, 3.05) is 6.61 Å². The van der Waals surface area contributed by atoms with Crippen molar-refractivity contribution in [3.8, 4) is 0 Å². The van der Waals surface area contributed by atoms with Gasteiger partial charge in [-0.1, -0.05) is 24.6 Å². The van der Waals surface area contributed by atoms with Gasteiger partial charge in [-0.3, -0.25) is 0 Å². The minimum atomic E-state index is -0.501. The second-order valence-electron chi connectivity index (χ2n) is 3.12. The number of hydrogen-bond donors (Lipinski definition) is 2. The van der Waals surface area contributed by atoms with Crippen LogP contribution in [0.5, 0.6) is 0 Å². The van der Waals surface area contributed by atoms with Gasteiger partial charge in [0.1, 0.15) is 5.82 Å². The number of halogens is 2. The number of aryl methyl sites for hydroxylation is 1. The number of aliphatic hydroxyl groups excluding tert-OH is 1. The summed E-state index contributed by atoms with van der Waals surface area (Å²) in [7, 11) is 0. The maximum Gasteiger partial charge on any atom is 0.144 e. The van der Waals surface area contributed by atoms with Crippen LogP contribution in [0, 0.1) is 5.82 Å². The first-order valence-corrected chi connectivity index (χ1v) is 4.82. The molecule has 1 atom stereocenters. The molecule has 0 saturated heterocycles. The maximum absolute atomic E-state index is 13.3. The van der Waals surface area contributed by atoms with Gasteiger partial charge in [0.2, 0.25) is 0 Å². The van der Waals surface area contributed by atoms with Crippen LogP contribution in [0.2, 0.25) is 5.02 Å². The van der Waals surface area contributed by atoms with Gasteiger partial charge in [0.05, 0.1) is 17.7 Å². The van der Waals surface area contributed by atoms with Crippen molar-refractivity contribution in [3.05, 3.63) is 34.1 Å². The van der Waals surface area contributed by atoms with E-state index in [0.717, 1.165) is 0 Å². The van der Waals surface area contributed by atoms with Gasteiger partial charge in [0.25, 0.3) is 0 Å². The van der Waals surface area contributed by atoms with E-state index in [-0.39, 0.29) is 11.6 Å². The third kappa shape index (κ3) is 2.23. The lowest BCUT2D eigenvalue weighted by Crippen LogP contribution is -2.15. The lowest BCUT2D eigenvalue weighted by Gasteiger charge is -2.11. The van der Waals surface area contributed by atoms with Crippen molar-refractivity contribution in [2.24, 2.45) is 5.73 Å². The summed E-state index contributed by atoms with van der Waals surface area (Å²) < 4.78 is 13.3. The van der Waals surface area contributed by atoms with Crippen LogP contribution in [-0.2, 0) is 6.42 Å². The average molecular weight is 218 g/mol. The molecule has 1 aromatic rings. The highest BCUT2D eigenvalue weighted by molar-refractivity contribution is 6.30. The second kappa shape index (κ2) is 4.73. The van der Waals surface area contributed by atoms with Gasteiger partial charge >= 0.3 is 0 Å². The van der Waals surface area contributed by atoms with Crippen molar-refractivity contribution in [1.29, 1.82) is 0 Å². The molecule has 78 valence electrons. The minimum absolute atomic E-state index is 0.0586. The van der Waals surface area contributed by atoms with E-state index >= 15 is 0 Å². The molecule has 0 aliphatic rings. The van der Waals surface area contributed by atoms with Crippen LogP contribution in [-0.4, -0.2) is 11.7 Å². The average Bonchev–Trinajstić information content (AvgIpc) is 2.20. The molecule has 4 heteroatoms. The maximum atomic E-state index is 13.3. The summed E-state index contributed by atoms with van der Waals surface area (Å²) in [5.41, 5.74) is 6.79. The fourth-order valence-electron chi connectivity index (χ4n) is 1.25. The summed E-state index contributed by atoms with van der Waals surface area (Å²) in [6, 6.07) is 2.59. The molecule has 0 amide bonds. The topological polar surface area (TPSA) is 46.2 Å². The van der Waals surface area contributed by atoms with E-state index in [0.29, 0.717) is 17.5 Å². The molecule has 0 spiro atoms.